The van der Waals surface area contributed by atoms with Gasteiger partial charge in [0, 0.05) is 11.8 Å². The van der Waals surface area contributed by atoms with E-state index in [2.05, 4.69) is 11.6 Å². The molecule has 1 N–H and O–H groups in total. The third kappa shape index (κ3) is 2.80. The minimum atomic E-state index is -0.498. The first-order valence-electron chi connectivity index (χ1n) is 5.81. The molecule has 0 amide bonds. The van der Waals surface area contributed by atoms with E-state index in [0.717, 1.165) is 11.1 Å². The molecule has 0 aliphatic rings. The smallest absolute Gasteiger partial charge is 0.222 e. The SMILES string of the molecule is C=Cc1ccnc(Oc2cc(CO)ccc2F)c1C. The molecule has 0 aliphatic heterocycles. The van der Waals surface area contributed by atoms with E-state index in [1.54, 1.807) is 18.3 Å². The van der Waals surface area contributed by atoms with Crippen molar-refractivity contribution in [1.29, 1.82) is 0 Å². The van der Waals surface area contributed by atoms with Crippen LogP contribution in [0.1, 0.15) is 16.7 Å². The Hall–Kier alpha value is -2.20. The Balaban J connectivity index is 2.38. The summed E-state index contributed by atoms with van der Waals surface area (Å²) in [6.07, 6.45) is 3.26. The summed E-state index contributed by atoms with van der Waals surface area (Å²) in [5, 5.41) is 9.05. The minimum absolute atomic E-state index is 0.0448. The second kappa shape index (κ2) is 5.63. The Morgan fingerprint density at radius 2 is 2.21 bits per heavy atom. The van der Waals surface area contributed by atoms with E-state index in [4.69, 9.17) is 9.84 Å². The maximum atomic E-state index is 13.7. The third-order valence-corrected chi connectivity index (χ3v) is 2.80. The fourth-order valence-electron chi connectivity index (χ4n) is 1.68. The van der Waals surface area contributed by atoms with Crippen LogP contribution < -0.4 is 4.74 Å². The monoisotopic (exact) mass is 259 g/mol. The number of aliphatic hydroxyl groups excluding tert-OH is 1. The highest BCUT2D eigenvalue weighted by molar-refractivity contribution is 5.54. The number of aliphatic hydroxyl groups is 1. The molecule has 1 heterocycles. The molecular formula is C15H14FNO2. The summed E-state index contributed by atoms with van der Waals surface area (Å²) in [4.78, 5) is 4.08. The first kappa shape index (κ1) is 13.2. The Bertz CT molecular complexity index is 611. The molecule has 1 aromatic heterocycles. The molecule has 0 radical (unpaired) electrons. The summed E-state index contributed by atoms with van der Waals surface area (Å²) in [6, 6.07) is 6.02. The zero-order valence-corrected chi connectivity index (χ0v) is 10.6. The van der Waals surface area contributed by atoms with Gasteiger partial charge in [-0.15, -0.1) is 0 Å². The van der Waals surface area contributed by atoms with Gasteiger partial charge in [0.25, 0.3) is 0 Å². The van der Waals surface area contributed by atoms with Gasteiger partial charge >= 0.3 is 0 Å². The molecule has 3 nitrogen and oxygen atoms in total. The van der Waals surface area contributed by atoms with Crippen molar-refractivity contribution in [2.45, 2.75) is 13.5 Å². The van der Waals surface area contributed by atoms with Gasteiger partial charge in [-0.1, -0.05) is 18.7 Å². The molecule has 0 bridgehead atoms. The first-order chi connectivity index (χ1) is 9.15. The van der Waals surface area contributed by atoms with Crippen LogP contribution in [-0.4, -0.2) is 10.1 Å². The summed E-state index contributed by atoms with van der Waals surface area (Å²) in [5.74, 6) is -0.128. The fourth-order valence-corrected chi connectivity index (χ4v) is 1.68. The van der Waals surface area contributed by atoms with E-state index in [9.17, 15) is 4.39 Å². The molecule has 0 saturated carbocycles. The lowest BCUT2D eigenvalue weighted by Crippen LogP contribution is -1.96. The second-order valence-corrected chi connectivity index (χ2v) is 4.06. The fraction of sp³-hybridized carbons (Fsp3) is 0.133. The van der Waals surface area contributed by atoms with E-state index < -0.39 is 5.82 Å². The Kier molecular flexibility index (Phi) is 3.92. The molecule has 98 valence electrons. The van der Waals surface area contributed by atoms with E-state index >= 15 is 0 Å². The summed E-state index contributed by atoms with van der Waals surface area (Å²) in [5.41, 5.74) is 2.24. The second-order valence-electron chi connectivity index (χ2n) is 4.06. The molecule has 2 aromatic rings. The molecule has 0 spiro atoms. The molecule has 0 unspecified atom stereocenters. The van der Waals surface area contributed by atoms with Crippen LogP contribution in [0.3, 0.4) is 0 Å². The van der Waals surface area contributed by atoms with Gasteiger partial charge < -0.3 is 9.84 Å². The third-order valence-electron chi connectivity index (χ3n) is 2.80. The van der Waals surface area contributed by atoms with Gasteiger partial charge in [-0.25, -0.2) is 9.37 Å². The number of benzene rings is 1. The summed E-state index contributed by atoms with van der Waals surface area (Å²) in [7, 11) is 0. The Morgan fingerprint density at radius 1 is 1.42 bits per heavy atom. The molecule has 2 rings (SSSR count). The van der Waals surface area contributed by atoms with Crippen LogP contribution in [0.2, 0.25) is 0 Å². The lowest BCUT2D eigenvalue weighted by Gasteiger charge is -2.10. The number of nitrogens with zero attached hydrogens (tertiary/aromatic N) is 1. The normalized spacial score (nSPS) is 10.3. The Labute approximate surface area is 111 Å². The zero-order valence-electron chi connectivity index (χ0n) is 10.6. The number of hydrogen-bond donors (Lipinski definition) is 1. The summed E-state index contributed by atoms with van der Waals surface area (Å²) in [6.45, 7) is 5.35. The van der Waals surface area contributed by atoms with E-state index in [-0.39, 0.29) is 12.4 Å². The number of hydrogen-bond acceptors (Lipinski definition) is 3. The predicted molar refractivity (Wildman–Crippen MR) is 71.5 cm³/mol. The highest BCUT2D eigenvalue weighted by Gasteiger charge is 2.10. The molecule has 4 heteroatoms. The van der Waals surface area contributed by atoms with Crippen molar-refractivity contribution >= 4 is 6.08 Å². The predicted octanol–water partition coefficient (Wildman–Crippen LogP) is 3.46. The maximum absolute atomic E-state index is 13.7. The molecule has 1 aromatic carbocycles. The molecule has 0 aliphatic carbocycles. The van der Waals surface area contributed by atoms with Crippen LogP contribution in [0, 0.1) is 12.7 Å². The minimum Gasteiger partial charge on any atom is -0.436 e. The molecular weight excluding hydrogens is 245 g/mol. The van der Waals surface area contributed by atoms with Crippen LogP contribution in [-0.2, 0) is 6.61 Å². The summed E-state index contributed by atoms with van der Waals surface area (Å²) >= 11 is 0. The maximum Gasteiger partial charge on any atom is 0.222 e. The lowest BCUT2D eigenvalue weighted by atomic mass is 10.1. The number of halogens is 1. The van der Waals surface area contributed by atoms with Gasteiger partial charge in [-0.3, -0.25) is 0 Å². The molecule has 0 saturated heterocycles. The van der Waals surface area contributed by atoms with Crippen molar-refractivity contribution in [2.24, 2.45) is 0 Å². The van der Waals surface area contributed by atoms with Gasteiger partial charge in [0.1, 0.15) is 0 Å². The van der Waals surface area contributed by atoms with Crippen LogP contribution in [0.25, 0.3) is 6.08 Å². The molecule has 19 heavy (non-hydrogen) atoms. The lowest BCUT2D eigenvalue weighted by molar-refractivity contribution is 0.281. The average molecular weight is 259 g/mol. The number of pyridine rings is 1. The van der Waals surface area contributed by atoms with E-state index in [1.807, 2.05) is 6.92 Å². The van der Waals surface area contributed by atoms with Crippen LogP contribution in [0.5, 0.6) is 11.6 Å². The van der Waals surface area contributed by atoms with Crippen molar-refractivity contribution in [3.63, 3.8) is 0 Å². The number of aromatic nitrogens is 1. The van der Waals surface area contributed by atoms with Gasteiger partial charge in [0.2, 0.25) is 5.88 Å². The zero-order chi connectivity index (χ0) is 13.8. The molecule has 0 fully saturated rings. The van der Waals surface area contributed by atoms with Crippen molar-refractivity contribution in [3.05, 3.63) is 59.5 Å². The van der Waals surface area contributed by atoms with Gasteiger partial charge in [0.15, 0.2) is 11.6 Å². The van der Waals surface area contributed by atoms with Crippen molar-refractivity contribution in [3.8, 4) is 11.6 Å². The average Bonchev–Trinajstić information content (AvgIpc) is 2.43. The Morgan fingerprint density at radius 3 is 2.89 bits per heavy atom. The van der Waals surface area contributed by atoms with E-state index in [1.165, 1.54) is 18.2 Å². The first-order valence-corrected chi connectivity index (χ1v) is 5.81. The van der Waals surface area contributed by atoms with Gasteiger partial charge in [0.05, 0.1) is 6.61 Å². The quantitative estimate of drug-likeness (QED) is 0.914. The standard InChI is InChI=1S/C15H14FNO2/c1-3-12-6-7-17-15(10(12)2)19-14-8-11(9-18)4-5-13(14)16/h3-8,18H,1,9H2,2H3. The number of ether oxygens (including phenoxy) is 1. The number of rotatable bonds is 4. The van der Waals surface area contributed by atoms with E-state index in [0.29, 0.717) is 11.4 Å². The van der Waals surface area contributed by atoms with Gasteiger partial charge in [-0.05, 0) is 36.2 Å². The van der Waals surface area contributed by atoms with Crippen LogP contribution >= 0.6 is 0 Å². The summed E-state index contributed by atoms with van der Waals surface area (Å²) < 4.78 is 19.1. The van der Waals surface area contributed by atoms with Crippen molar-refractivity contribution < 1.29 is 14.2 Å². The molecule has 0 atom stereocenters. The highest BCUT2D eigenvalue weighted by Crippen LogP contribution is 2.28. The van der Waals surface area contributed by atoms with Crippen LogP contribution in [0.15, 0.2) is 37.0 Å². The van der Waals surface area contributed by atoms with Crippen molar-refractivity contribution in [2.75, 3.05) is 0 Å². The van der Waals surface area contributed by atoms with Crippen molar-refractivity contribution in [1.82, 2.24) is 4.98 Å². The van der Waals surface area contributed by atoms with Crippen LogP contribution in [0.4, 0.5) is 4.39 Å². The highest BCUT2D eigenvalue weighted by atomic mass is 19.1. The van der Waals surface area contributed by atoms with Gasteiger partial charge in [-0.2, -0.15) is 0 Å². The topological polar surface area (TPSA) is 42.4 Å². The largest absolute Gasteiger partial charge is 0.436 e.